The highest BCUT2D eigenvalue weighted by Gasteiger charge is 2.45. The number of hydrogen-bond donors (Lipinski definition) is 1. The first-order valence-electron chi connectivity index (χ1n) is 8.58. The predicted octanol–water partition coefficient (Wildman–Crippen LogP) is 0.795. The van der Waals surface area contributed by atoms with E-state index in [-0.39, 0.29) is 24.3 Å². The number of carbonyl (C=O) groups is 2. The molecular formula is C18H25N2O4+. The van der Waals surface area contributed by atoms with Crippen molar-refractivity contribution in [1.29, 1.82) is 0 Å². The zero-order valence-corrected chi connectivity index (χ0v) is 14.3. The normalized spacial score (nSPS) is 22.6. The van der Waals surface area contributed by atoms with Crippen molar-refractivity contribution in [2.45, 2.75) is 38.1 Å². The number of nitrogens with one attached hydrogen (secondary N) is 1. The van der Waals surface area contributed by atoms with Crippen LogP contribution in [0.5, 0.6) is 11.5 Å². The molecule has 0 aromatic heterocycles. The summed E-state index contributed by atoms with van der Waals surface area (Å²) >= 11 is 0. The molecule has 0 bridgehead atoms. The van der Waals surface area contributed by atoms with Crippen LogP contribution in [0.15, 0.2) is 18.2 Å². The summed E-state index contributed by atoms with van der Waals surface area (Å²) < 4.78 is 10.5. The van der Waals surface area contributed by atoms with Crippen LogP contribution in [0.2, 0.25) is 0 Å². The van der Waals surface area contributed by atoms with Gasteiger partial charge in [0.2, 0.25) is 5.91 Å². The van der Waals surface area contributed by atoms with E-state index in [1.54, 1.807) is 32.4 Å². The minimum atomic E-state index is -0.257. The van der Waals surface area contributed by atoms with E-state index in [1.807, 2.05) is 0 Å². The summed E-state index contributed by atoms with van der Waals surface area (Å²) in [6.45, 7) is 1.94. The van der Waals surface area contributed by atoms with Crippen LogP contribution in [-0.2, 0) is 9.59 Å². The van der Waals surface area contributed by atoms with Crippen LogP contribution in [0.25, 0.3) is 0 Å². The quantitative estimate of drug-likeness (QED) is 0.828. The minimum Gasteiger partial charge on any atom is -0.497 e. The van der Waals surface area contributed by atoms with Gasteiger partial charge in [0.25, 0.3) is 5.91 Å². The SMILES string of the molecule is COc1cc(OC)cc(N2C(=O)C[C@H]([NH+]3CCCCCC3)C2=O)c1. The van der Waals surface area contributed by atoms with Crippen molar-refractivity contribution in [3.8, 4) is 11.5 Å². The van der Waals surface area contributed by atoms with E-state index in [0.29, 0.717) is 17.2 Å². The van der Waals surface area contributed by atoms with Crippen molar-refractivity contribution in [2.24, 2.45) is 0 Å². The third-order valence-electron chi connectivity index (χ3n) is 4.98. The number of amides is 2. The Balaban J connectivity index is 1.86. The van der Waals surface area contributed by atoms with Crippen LogP contribution in [0.3, 0.4) is 0 Å². The molecule has 0 unspecified atom stereocenters. The monoisotopic (exact) mass is 333 g/mol. The standard InChI is InChI=1S/C18H24N2O4/c1-23-14-9-13(10-15(11-14)24-2)20-17(21)12-16(18(20)22)19-7-5-3-4-6-8-19/h9-11,16H,3-8,12H2,1-2H3/p+1/t16-/m0/s1. The summed E-state index contributed by atoms with van der Waals surface area (Å²) in [6, 6.07) is 4.89. The van der Waals surface area contributed by atoms with Gasteiger partial charge in [-0.05, 0) is 25.7 Å². The van der Waals surface area contributed by atoms with Crippen LogP contribution in [-0.4, -0.2) is 45.2 Å². The molecule has 1 N–H and O–H groups in total. The second-order valence-electron chi connectivity index (χ2n) is 6.47. The summed E-state index contributed by atoms with van der Waals surface area (Å²) in [7, 11) is 3.10. The van der Waals surface area contributed by atoms with Gasteiger partial charge in [0.1, 0.15) is 11.5 Å². The highest BCUT2D eigenvalue weighted by atomic mass is 16.5. The zero-order chi connectivity index (χ0) is 17.1. The molecule has 0 spiro atoms. The Labute approximate surface area is 142 Å². The number of likely N-dealkylation sites (tertiary alicyclic amines) is 1. The van der Waals surface area contributed by atoms with Crippen LogP contribution in [0, 0.1) is 0 Å². The van der Waals surface area contributed by atoms with E-state index < -0.39 is 0 Å². The molecule has 2 aliphatic rings. The number of benzene rings is 1. The lowest BCUT2D eigenvalue weighted by molar-refractivity contribution is -0.914. The molecule has 6 heteroatoms. The van der Waals surface area contributed by atoms with E-state index in [9.17, 15) is 9.59 Å². The maximum absolute atomic E-state index is 12.9. The fourth-order valence-electron chi connectivity index (χ4n) is 3.67. The number of imide groups is 1. The Kier molecular flexibility index (Phi) is 5.04. The third-order valence-corrected chi connectivity index (χ3v) is 4.98. The van der Waals surface area contributed by atoms with Crippen LogP contribution >= 0.6 is 0 Å². The Morgan fingerprint density at radius 2 is 1.54 bits per heavy atom. The summed E-state index contributed by atoms with van der Waals surface area (Å²) in [5.41, 5.74) is 0.526. The van der Waals surface area contributed by atoms with Gasteiger partial charge in [-0.15, -0.1) is 0 Å². The van der Waals surface area contributed by atoms with Crippen molar-refractivity contribution >= 4 is 17.5 Å². The van der Waals surface area contributed by atoms with Crippen molar-refractivity contribution in [3.63, 3.8) is 0 Å². The molecule has 2 fully saturated rings. The Bertz CT molecular complexity index is 601. The van der Waals surface area contributed by atoms with Crippen molar-refractivity contribution in [1.82, 2.24) is 0 Å². The summed E-state index contributed by atoms with van der Waals surface area (Å²) in [6.07, 6.45) is 4.97. The van der Waals surface area contributed by atoms with Gasteiger partial charge >= 0.3 is 0 Å². The topological polar surface area (TPSA) is 60.3 Å². The van der Waals surface area contributed by atoms with Crippen LogP contribution in [0.4, 0.5) is 5.69 Å². The van der Waals surface area contributed by atoms with Gasteiger partial charge in [-0.1, -0.05) is 0 Å². The van der Waals surface area contributed by atoms with E-state index in [4.69, 9.17) is 9.47 Å². The minimum absolute atomic E-state index is 0.104. The lowest BCUT2D eigenvalue weighted by Crippen LogP contribution is -3.16. The second-order valence-corrected chi connectivity index (χ2v) is 6.47. The molecule has 0 saturated carbocycles. The maximum Gasteiger partial charge on any atom is 0.292 e. The Morgan fingerprint density at radius 1 is 0.958 bits per heavy atom. The zero-order valence-electron chi connectivity index (χ0n) is 14.3. The molecule has 1 aromatic rings. The second kappa shape index (κ2) is 7.21. The number of rotatable bonds is 4. The molecule has 2 amide bonds. The lowest BCUT2D eigenvalue weighted by atomic mass is 10.2. The molecule has 1 aromatic carbocycles. The van der Waals surface area contributed by atoms with Crippen LogP contribution in [0.1, 0.15) is 32.1 Å². The first-order chi connectivity index (χ1) is 11.6. The molecule has 0 aliphatic carbocycles. The van der Waals surface area contributed by atoms with E-state index in [1.165, 1.54) is 22.6 Å². The van der Waals surface area contributed by atoms with Gasteiger partial charge in [0.15, 0.2) is 6.04 Å². The Hall–Kier alpha value is -2.08. The number of methoxy groups -OCH3 is 2. The third kappa shape index (κ3) is 3.24. The number of nitrogens with zero attached hydrogens (tertiary/aromatic N) is 1. The average Bonchev–Trinajstić information content (AvgIpc) is 2.78. The van der Waals surface area contributed by atoms with Gasteiger partial charge < -0.3 is 14.4 Å². The highest BCUT2D eigenvalue weighted by Crippen LogP contribution is 2.31. The molecular weight excluding hydrogens is 308 g/mol. The van der Waals surface area contributed by atoms with E-state index in [0.717, 1.165) is 25.9 Å². The fourth-order valence-corrected chi connectivity index (χ4v) is 3.67. The first kappa shape index (κ1) is 16.8. The summed E-state index contributed by atoms with van der Waals surface area (Å²) in [5, 5.41) is 0. The largest absolute Gasteiger partial charge is 0.497 e. The number of hydrogen-bond acceptors (Lipinski definition) is 4. The predicted molar refractivity (Wildman–Crippen MR) is 89.6 cm³/mol. The summed E-state index contributed by atoms with van der Waals surface area (Å²) in [5.74, 6) is 0.885. The molecule has 0 radical (unpaired) electrons. The molecule has 2 saturated heterocycles. The van der Waals surface area contributed by atoms with Gasteiger partial charge in [-0.25, -0.2) is 4.90 Å². The van der Waals surface area contributed by atoms with Gasteiger partial charge in [0.05, 0.1) is 39.4 Å². The Morgan fingerprint density at radius 3 is 2.08 bits per heavy atom. The van der Waals surface area contributed by atoms with E-state index in [2.05, 4.69) is 0 Å². The van der Waals surface area contributed by atoms with E-state index >= 15 is 0 Å². The molecule has 24 heavy (non-hydrogen) atoms. The van der Waals surface area contributed by atoms with Gasteiger partial charge in [-0.2, -0.15) is 0 Å². The molecule has 2 heterocycles. The molecule has 6 nitrogen and oxygen atoms in total. The highest BCUT2D eigenvalue weighted by molar-refractivity contribution is 6.22. The number of ether oxygens (including phenoxy) is 2. The fraction of sp³-hybridized carbons (Fsp3) is 0.556. The van der Waals surface area contributed by atoms with Crippen molar-refractivity contribution in [3.05, 3.63) is 18.2 Å². The van der Waals surface area contributed by atoms with Crippen LogP contribution < -0.4 is 19.3 Å². The van der Waals surface area contributed by atoms with Crippen molar-refractivity contribution in [2.75, 3.05) is 32.2 Å². The molecule has 3 rings (SSSR count). The molecule has 2 aliphatic heterocycles. The van der Waals surface area contributed by atoms with Gasteiger partial charge in [0, 0.05) is 18.2 Å². The van der Waals surface area contributed by atoms with Crippen molar-refractivity contribution < 1.29 is 24.0 Å². The number of carbonyl (C=O) groups excluding carboxylic acids is 2. The average molecular weight is 333 g/mol. The maximum atomic E-state index is 12.9. The lowest BCUT2D eigenvalue weighted by Gasteiger charge is -2.23. The number of quaternary nitrogens is 1. The summed E-state index contributed by atoms with van der Waals surface area (Å²) in [4.78, 5) is 28.0. The first-order valence-corrected chi connectivity index (χ1v) is 8.58. The smallest absolute Gasteiger partial charge is 0.292 e. The number of anilines is 1. The molecule has 130 valence electrons. The van der Waals surface area contributed by atoms with Gasteiger partial charge in [-0.3, -0.25) is 9.59 Å². The molecule has 1 atom stereocenters.